The average Bonchev–Trinajstić information content (AvgIpc) is 2.99. The predicted molar refractivity (Wildman–Crippen MR) is 81.1 cm³/mol. The van der Waals surface area contributed by atoms with Gasteiger partial charge in [0.05, 0.1) is 25.4 Å². The van der Waals surface area contributed by atoms with Crippen molar-refractivity contribution in [2.75, 3.05) is 7.11 Å². The van der Waals surface area contributed by atoms with Gasteiger partial charge in [0.2, 0.25) is 5.88 Å². The zero-order valence-electron chi connectivity index (χ0n) is 11.3. The van der Waals surface area contributed by atoms with E-state index in [0.29, 0.717) is 12.4 Å². The van der Waals surface area contributed by atoms with Crippen LogP contribution in [-0.4, -0.2) is 21.0 Å². The van der Waals surface area contributed by atoms with E-state index < -0.39 is 0 Å². The number of aromatic nitrogens is 3. The Morgan fingerprint density at radius 2 is 2.20 bits per heavy atom. The van der Waals surface area contributed by atoms with Crippen LogP contribution < -0.4 is 10.3 Å². The minimum Gasteiger partial charge on any atom is -0.480 e. The molecule has 104 valence electrons. The summed E-state index contributed by atoms with van der Waals surface area (Å²) in [7, 11) is 1.58. The van der Waals surface area contributed by atoms with Crippen molar-refractivity contribution in [2.45, 2.75) is 20.4 Å². The van der Waals surface area contributed by atoms with Gasteiger partial charge in [-0.1, -0.05) is 0 Å². The molecule has 0 N–H and O–H groups in total. The second-order valence-electron chi connectivity index (χ2n) is 4.48. The van der Waals surface area contributed by atoms with Gasteiger partial charge in [-0.2, -0.15) is 4.37 Å². The zero-order chi connectivity index (χ0) is 14.3. The lowest BCUT2D eigenvalue weighted by atomic mass is 10.2. The van der Waals surface area contributed by atoms with E-state index in [1.54, 1.807) is 29.3 Å². The molecule has 7 heteroatoms. The molecule has 3 heterocycles. The summed E-state index contributed by atoms with van der Waals surface area (Å²) in [6, 6.07) is 1.84. The molecule has 0 aromatic carbocycles. The maximum absolute atomic E-state index is 12.5. The van der Waals surface area contributed by atoms with Crippen LogP contribution in [0, 0.1) is 13.8 Å². The first-order valence-corrected chi connectivity index (χ1v) is 7.64. The summed E-state index contributed by atoms with van der Waals surface area (Å²) < 4.78 is 10.8. The Kier molecular flexibility index (Phi) is 3.31. The van der Waals surface area contributed by atoms with E-state index in [9.17, 15) is 4.79 Å². The second kappa shape index (κ2) is 4.99. The van der Waals surface area contributed by atoms with Crippen LogP contribution in [0.4, 0.5) is 0 Å². The van der Waals surface area contributed by atoms with Crippen LogP contribution in [0.5, 0.6) is 5.88 Å². The quantitative estimate of drug-likeness (QED) is 0.746. The first-order chi connectivity index (χ1) is 9.60. The smallest absolute Gasteiger partial charge is 0.262 e. The summed E-state index contributed by atoms with van der Waals surface area (Å²) in [5.41, 5.74) is 1.03. The van der Waals surface area contributed by atoms with E-state index in [1.807, 2.05) is 19.9 Å². The van der Waals surface area contributed by atoms with E-state index in [4.69, 9.17) is 4.74 Å². The van der Waals surface area contributed by atoms with Crippen LogP contribution in [0.25, 0.3) is 10.2 Å². The summed E-state index contributed by atoms with van der Waals surface area (Å²) in [4.78, 5) is 19.8. The molecular weight excluding hydrogens is 294 g/mol. The number of hydrogen-bond acceptors (Lipinski definition) is 6. The molecular formula is C13H13N3O2S2. The highest BCUT2D eigenvalue weighted by molar-refractivity contribution is 7.18. The first kappa shape index (κ1) is 13.3. The molecule has 3 rings (SSSR count). The van der Waals surface area contributed by atoms with Crippen molar-refractivity contribution in [1.82, 2.24) is 13.9 Å². The maximum atomic E-state index is 12.5. The van der Waals surface area contributed by atoms with Gasteiger partial charge in [0.15, 0.2) is 0 Å². The number of nitrogens with zero attached hydrogens (tertiary/aromatic N) is 3. The van der Waals surface area contributed by atoms with Crippen LogP contribution in [0.15, 0.2) is 17.2 Å². The van der Waals surface area contributed by atoms with E-state index in [1.165, 1.54) is 11.5 Å². The molecule has 0 aliphatic rings. The number of fused-ring (bicyclic) bond motifs is 1. The van der Waals surface area contributed by atoms with Crippen molar-refractivity contribution in [3.8, 4) is 5.88 Å². The van der Waals surface area contributed by atoms with Crippen molar-refractivity contribution >= 4 is 33.1 Å². The Hall–Kier alpha value is -1.73. The average molecular weight is 307 g/mol. The lowest BCUT2D eigenvalue weighted by Crippen LogP contribution is -2.20. The van der Waals surface area contributed by atoms with Crippen molar-refractivity contribution in [3.05, 3.63) is 38.1 Å². The molecule has 3 aromatic heterocycles. The summed E-state index contributed by atoms with van der Waals surface area (Å²) in [5, 5.41) is 0.728. The van der Waals surface area contributed by atoms with Crippen molar-refractivity contribution in [1.29, 1.82) is 0 Å². The number of ether oxygens (including phenoxy) is 1. The third-order valence-corrected chi connectivity index (χ3v) is 5.10. The zero-order valence-corrected chi connectivity index (χ0v) is 13.0. The maximum Gasteiger partial charge on any atom is 0.262 e. The number of rotatable bonds is 3. The molecule has 0 unspecified atom stereocenters. The molecule has 0 radical (unpaired) electrons. The van der Waals surface area contributed by atoms with Crippen molar-refractivity contribution < 1.29 is 4.74 Å². The molecule has 0 spiro atoms. The van der Waals surface area contributed by atoms with Crippen molar-refractivity contribution in [3.63, 3.8) is 0 Å². The van der Waals surface area contributed by atoms with Crippen LogP contribution in [0.3, 0.4) is 0 Å². The fourth-order valence-corrected chi connectivity index (χ4v) is 3.69. The lowest BCUT2D eigenvalue weighted by Gasteiger charge is -2.02. The number of methoxy groups -OCH3 is 1. The Morgan fingerprint density at radius 1 is 1.40 bits per heavy atom. The second-order valence-corrected chi connectivity index (χ2v) is 6.57. The Bertz CT molecular complexity index is 832. The molecule has 0 fully saturated rings. The van der Waals surface area contributed by atoms with E-state index >= 15 is 0 Å². The summed E-state index contributed by atoms with van der Waals surface area (Å²) in [6.45, 7) is 4.45. The van der Waals surface area contributed by atoms with Gasteiger partial charge in [-0.25, -0.2) is 4.98 Å². The highest BCUT2D eigenvalue weighted by Gasteiger charge is 2.13. The minimum atomic E-state index is 0.00390. The molecule has 20 heavy (non-hydrogen) atoms. The van der Waals surface area contributed by atoms with Crippen molar-refractivity contribution in [2.24, 2.45) is 0 Å². The lowest BCUT2D eigenvalue weighted by molar-refractivity contribution is 0.402. The molecule has 0 amide bonds. The molecule has 0 saturated carbocycles. The van der Waals surface area contributed by atoms with E-state index in [0.717, 1.165) is 25.5 Å². The molecule has 0 aliphatic carbocycles. The van der Waals surface area contributed by atoms with Gasteiger partial charge >= 0.3 is 0 Å². The summed E-state index contributed by atoms with van der Waals surface area (Å²) >= 11 is 2.89. The molecule has 0 atom stereocenters. The fourth-order valence-electron chi connectivity index (χ4n) is 2.02. The molecule has 3 aromatic rings. The number of thiophene rings is 1. The number of hydrogen-bond donors (Lipinski definition) is 0. The van der Waals surface area contributed by atoms with Gasteiger partial charge in [-0.05, 0) is 30.9 Å². The Balaban J connectivity index is 2.06. The van der Waals surface area contributed by atoms with Crippen LogP contribution in [0.2, 0.25) is 0 Å². The SMILES string of the molecule is COc1cc(Cn2cnc3sc(C)c(C)c3c2=O)sn1. The van der Waals surface area contributed by atoms with Crippen LogP contribution in [0.1, 0.15) is 15.3 Å². The predicted octanol–water partition coefficient (Wildman–Crippen LogP) is 2.59. The van der Waals surface area contributed by atoms with E-state index in [2.05, 4.69) is 9.36 Å². The highest BCUT2D eigenvalue weighted by atomic mass is 32.1. The van der Waals surface area contributed by atoms with Gasteiger partial charge < -0.3 is 4.74 Å². The van der Waals surface area contributed by atoms with Gasteiger partial charge in [-0.3, -0.25) is 9.36 Å². The van der Waals surface area contributed by atoms with E-state index in [-0.39, 0.29) is 5.56 Å². The third-order valence-electron chi connectivity index (χ3n) is 3.23. The largest absolute Gasteiger partial charge is 0.480 e. The topological polar surface area (TPSA) is 57.0 Å². The van der Waals surface area contributed by atoms with Gasteiger partial charge in [0.25, 0.3) is 5.56 Å². The van der Waals surface area contributed by atoms with Gasteiger partial charge in [0.1, 0.15) is 4.83 Å². The van der Waals surface area contributed by atoms with Crippen LogP contribution in [-0.2, 0) is 6.54 Å². The molecule has 0 aliphatic heterocycles. The normalized spacial score (nSPS) is 11.2. The van der Waals surface area contributed by atoms with Gasteiger partial charge in [-0.15, -0.1) is 11.3 Å². The fraction of sp³-hybridized carbons (Fsp3) is 0.308. The standard InChI is InChI=1S/C13H13N3O2S2/c1-7-8(2)19-12-11(7)13(17)16(6-14-12)5-9-4-10(18-3)15-20-9/h4,6H,5H2,1-3H3. The summed E-state index contributed by atoms with van der Waals surface area (Å²) in [5.74, 6) is 0.578. The minimum absolute atomic E-state index is 0.00390. The monoisotopic (exact) mass is 307 g/mol. The Labute approximate surface area is 123 Å². The highest BCUT2D eigenvalue weighted by Crippen LogP contribution is 2.25. The first-order valence-electron chi connectivity index (χ1n) is 6.05. The Morgan fingerprint density at radius 3 is 2.90 bits per heavy atom. The van der Waals surface area contributed by atoms with Crippen LogP contribution >= 0.6 is 22.9 Å². The molecule has 0 saturated heterocycles. The number of aryl methyl sites for hydroxylation is 2. The third kappa shape index (κ3) is 2.12. The summed E-state index contributed by atoms with van der Waals surface area (Å²) in [6.07, 6.45) is 1.60. The molecule has 5 nitrogen and oxygen atoms in total. The molecule has 0 bridgehead atoms. The van der Waals surface area contributed by atoms with Gasteiger partial charge in [0, 0.05) is 15.8 Å².